The molecule has 3 fully saturated rings. The van der Waals surface area contributed by atoms with Gasteiger partial charge in [0.1, 0.15) is 5.82 Å². The zero-order chi connectivity index (χ0) is 17.3. The van der Waals surface area contributed by atoms with E-state index in [9.17, 15) is 0 Å². The number of aromatic nitrogens is 1. The molecule has 2 N–H and O–H groups in total. The first-order valence-electron chi connectivity index (χ1n) is 9.53. The maximum absolute atomic E-state index is 6.28. The smallest absolute Gasteiger partial charge is 0.191 e. The Hall–Kier alpha value is -0.760. The Morgan fingerprint density at radius 3 is 2.81 bits per heavy atom. The van der Waals surface area contributed by atoms with Crippen LogP contribution in [0.4, 0.5) is 5.82 Å². The van der Waals surface area contributed by atoms with Crippen LogP contribution >= 0.6 is 35.6 Å². The Balaban J connectivity index is 0.00000196. The lowest BCUT2D eigenvalue weighted by Crippen LogP contribution is -2.50. The third-order valence-electron chi connectivity index (χ3n) is 6.19. The summed E-state index contributed by atoms with van der Waals surface area (Å²) in [6, 6.07) is 4.16. The predicted molar refractivity (Wildman–Crippen MR) is 119 cm³/mol. The molecule has 1 saturated heterocycles. The van der Waals surface area contributed by atoms with Crippen molar-refractivity contribution in [2.75, 3.05) is 31.6 Å². The zero-order valence-corrected chi connectivity index (χ0v) is 18.5. The van der Waals surface area contributed by atoms with Crippen LogP contribution in [0.5, 0.6) is 0 Å². The fraction of sp³-hybridized carbons (Fsp3) is 0.684. The summed E-state index contributed by atoms with van der Waals surface area (Å²) in [5, 5.41) is 7.92. The predicted octanol–water partition coefficient (Wildman–Crippen LogP) is 3.68. The molecule has 2 aliphatic carbocycles. The summed E-state index contributed by atoms with van der Waals surface area (Å²) in [5.74, 6) is 2.78. The molecule has 1 unspecified atom stereocenters. The van der Waals surface area contributed by atoms with Crippen molar-refractivity contribution in [3.8, 4) is 0 Å². The van der Waals surface area contributed by atoms with Gasteiger partial charge in [-0.3, -0.25) is 4.99 Å². The second-order valence-corrected chi connectivity index (χ2v) is 8.21. The Morgan fingerprint density at radius 1 is 1.38 bits per heavy atom. The minimum atomic E-state index is 0. The van der Waals surface area contributed by atoms with Gasteiger partial charge in [0, 0.05) is 38.9 Å². The average Bonchev–Trinajstić information content (AvgIpc) is 3.32. The van der Waals surface area contributed by atoms with Gasteiger partial charge in [-0.25, -0.2) is 4.98 Å². The number of hydrogen-bond acceptors (Lipinski definition) is 3. The first kappa shape index (κ1) is 20.0. The number of guanidine groups is 1. The van der Waals surface area contributed by atoms with Crippen molar-refractivity contribution in [3.63, 3.8) is 0 Å². The molecule has 0 spiro atoms. The van der Waals surface area contributed by atoms with Gasteiger partial charge in [0.2, 0.25) is 0 Å². The molecule has 0 bridgehead atoms. The molecule has 1 aliphatic heterocycles. The number of anilines is 1. The Kier molecular flexibility index (Phi) is 6.54. The Labute approximate surface area is 178 Å². The summed E-state index contributed by atoms with van der Waals surface area (Å²) in [6.07, 6.45) is 9.90. The lowest BCUT2D eigenvalue weighted by molar-refractivity contribution is 0.106. The number of hydrogen-bond donors (Lipinski definition) is 2. The number of pyridine rings is 1. The van der Waals surface area contributed by atoms with E-state index in [-0.39, 0.29) is 24.0 Å². The molecule has 26 heavy (non-hydrogen) atoms. The molecular formula is C19H29ClIN5. The van der Waals surface area contributed by atoms with E-state index in [0.717, 1.165) is 48.8 Å². The summed E-state index contributed by atoms with van der Waals surface area (Å²) >= 11 is 6.28. The molecule has 0 radical (unpaired) electrons. The molecule has 1 atom stereocenters. The van der Waals surface area contributed by atoms with Crippen molar-refractivity contribution in [1.29, 1.82) is 0 Å². The van der Waals surface area contributed by atoms with E-state index < -0.39 is 0 Å². The molecule has 0 amide bonds. The Morgan fingerprint density at radius 2 is 2.19 bits per heavy atom. The number of rotatable bonds is 5. The van der Waals surface area contributed by atoms with Gasteiger partial charge < -0.3 is 15.5 Å². The van der Waals surface area contributed by atoms with Crippen molar-refractivity contribution < 1.29 is 0 Å². The average molecular weight is 490 g/mol. The van der Waals surface area contributed by atoms with Crippen molar-refractivity contribution in [2.45, 2.75) is 44.6 Å². The molecular weight excluding hydrogens is 461 g/mol. The van der Waals surface area contributed by atoms with Crippen molar-refractivity contribution in [1.82, 2.24) is 15.6 Å². The highest BCUT2D eigenvalue weighted by Gasteiger charge is 2.48. The molecule has 3 aliphatic rings. The number of halogens is 2. The standard InChI is InChI=1S/C19H28ClN5.HI/c1-21-18(23-13-19(8-3-9-19)14-5-6-14)24-15-7-11-25(12-15)17-16(20)4-2-10-22-17;/h2,4,10,14-15H,3,5-9,11-13H2,1H3,(H2,21,23,24);1H. The van der Waals surface area contributed by atoms with E-state index in [4.69, 9.17) is 11.6 Å². The number of nitrogens with one attached hydrogen (secondary N) is 2. The van der Waals surface area contributed by atoms with Crippen LogP contribution in [0.3, 0.4) is 0 Å². The van der Waals surface area contributed by atoms with E-state index in [1.165, 1.54) is 32.1 Å². The second kappa shape index (κ2) is 8.50. The van der Waals surface area contributed by atoms with Crippen molar-refractivity contribution >= 4 is 47.4 Å². The van der Waals surface area contributed by atoms with Gasteiger partial charge in [0.05, 0.1) is 5.02 Å². The van der Waals surface area contributed by atoms with E-state index in [2.05, 4.69) is 25.5 Å². The molecule has 2 heterocycles. The van der Waals surface area contributed by atoms with Gasteiger partial charge >= 0.3 is 0 Å². The highest BCUT2D eigenvalue weighted by atomic mass is 127. The van der Waals surface area contributed by atoms with Crippen LogP contribution < -0.4 is 15.5 Å². The van der Waals surface area contributed by atoms with Gasteiger partial charge in [-0.05, 0) is 55.6 Å². The highest BCUT2D eigenvalue weighted by molar-refractivity contribution is 14.0. The fourth-order valence-corrected chi connectivity index (χ4v) is 4.63. The van der Waals surface area contributed by atoms with Crippen LogP contribution in [0.1, 0.15) is 38.5 Å². The van der Waals surface area contributed by atoms with Gasteiger partial charge in [-0.15, -0.1) is 24.0 Å². The monoisotopic (exact) mass is 489 g/mol. The van der Waals surface area contributed by atoms with Crippen LogP contribution in [-0.2, 0) is 0 Å². The summed E-state index contributed by atoms with van der Waals surface area (Å²) in [7, 11) is 1.86. The first-order valence-corrected chi connectivity index (χ1v) is 9.91. The van der Waals surface area contributed by atoms with Gasteiger partial charge in [-0.2, -0.15) is 0 Å². The summed E-state index contributed by atoms with van der Waals surface area (Å²) in [4.78, 5) is 11.1. The second-order valence-electron chi connectivity index (χ2n) is 7.80. The minimum Gasteiger partial charge on any atom is -0.356 e. The zero-order valence-electron chi connectivity index (χ0n) is 15.4. The molecule has 2 saturated carbocycles. The van der Waals surface area contributed by atoms with Crippen LogP contribution in [0.15, 0.2) is 23.3 Å². The lowest BCUT2D eigenvalue weighted by Gasteiger charge is -2.43. The molecule has 5 nitrogen and oxygen atoms in total. The molecule has 144 valence electrons. The number of aliphatic imine (C=N–C) groups is 1. The number of nitrogens with zero attached hydrogens (tertiary/aromatic N) is 3. The molecule has 1 aromatic heterocycles. The van der Waals surface area contributed by atoms with E-state index in [1.807, 2.05) is 19.2 Å². The summed E-state index contributed by atoms with van der Waals surface area (Å²) < 4.78 is 0. The van der Waals surface area contributed by atoms with E-state index in [1.54, 1.807) is 6.20 Å². The quantitative estimate of drug-likeness (QED) is 0.376. The van der Waals surface area contributed by atoms with Crippen LogP contribution in [0.25, 0.3) is 0 Å². The van der Waals surface area contributed by atoms with E-state index >= 15 is 0 Å². The maximum atomic E-state index is 6.28. The molecule has 7 heteroatoms. The van der Waals surface area contributed by atoms with Crippen LogP contribution in [-0.4, -0.2) is 43.7 Å². The van der Waals surface area contributed by atoms with Crippen molar-refractivity contribution in [2.24, 2.45) is 16.3 Å². The van der Waals surface area contributed by atoms with Gasteiger partial charge in [0.15, 0.2) is 5.96 Å². The third kappa shape index (κ3) is 4.21. The third-order valence-corrected chi connectivity index (χ3v) is 6.49. The highest BCUT2D eigenvalue weighted by Crippen LogP contribution is 2.56. The summed E-state index contributed by atoms with van der Waals surface area (Å²) in [6.45, 7) is 2.95. The largest absolute Gasteiger partial charge is 0.356 e. The fourth-order valence-electron chi connectivity index (χ4n) is 4.38. The molecule has 4 rings (SSSR count). The SMILES string of the molecule is CN=C(NCC1(C2CC2)CCC1)NC1CCN(c2ncccc2Cl)C1.I. The van der Waals surface area contributed by atoms with Crippen LogP contribution in [0.2, 0.25) is 5.02 Å². The minimum absolute atomic E-state index is 0. The first-order chi connectivity index (χ1) is 12.2. The van der Waals surface area contributed by atoms with E-state index in [0.29, 0.717) is 11.5 Å². The topological polar surface area (TPSA) is 52.6 Å². The normalized spacial score (nSPS) is 24.6. The van der Waals surface area contributed by atoms with Gasteiger partial charge in [-0.1, -0.05) is 18.0 Å². The van der Waals surface area contributed by atoms with Crippen LogP contribution in [0, 0.1) is 11.3 Å². The van der Waals surface area contributed by atoms with Gasteiger partial charge in [0.25, 0.3) is 0 Å². The Bertz CT molecular complexity index is 645. The molecule has 1 aromatic rings. The van der Waals surface area contributed by atoms with Crippen molar-refractivity contribution in [3.05, 3.63) is 23.4 Å². The summed E-state index contributed by atoms with van der Waals surface area (Å²) in [5.41, 5.74) is 0.556. The maximum Gasteiger partial charge on any atom is 0.191 e. The molecule has 0 aromatic carbocycles. The lowest BCUT2D eigenvalue weighted by atomic mass is 9.65.